The van der Waals surface area contributed by atoms with Gasteiger partial charge in [-0.15, -0.1) is 5.10 Å². The number of nitrogens with zero attached hydrogens (tertiary/aromatic N) is 3. The summed E-state index contributed by atoms with van der Waals surface area (Å²) in [6.45, 7) is 0. The first kappa shape index (κ1) is 22.2. The van der Waals surface area contributed by atoms with Crippen LogP contribution >= 0.6 is 0 Å². The number of carbonyl (C=O) groups is 2. The summed E-state index contributed by atoms with van der Waals surface area (Å²) < 4.78 is 16.2. The number of anilines is 3. The summed E-state index contributed by atoms with van der Waals surface area (Å²) in [7, 11) is 0. The molecule has 0 saturated carbocycles. The standard InChI is InChI=1S/C25H19FN6O2/c26-22(25(34)29-19-6-4-5-16(13-19)14-27)17-9-11-18(12-10-17)24(33)30-23-21(28)15-32(31-23)20-7-2-1-3-8-20/h1-13,15,22H,28H2,(H,29,34)(H,30,31,33). The maximum atomic E-state index is 14.7. The number of nitrogens with two attached hydrogens (primary N) is 1. The van der Waals surface area contributed by atoms with E-state index in [9.17, 15) is 14.0 Å². The number of nitriles is 1. The molecule has 34 heavy (non-hydrogen) atoms. The zero-order valence-electron chi connectivity index (χ0n) is 17.8. The minimum absolute atomic E-state index is 0.0818. The minimum Gasteiger partial charge on any atom is -0.394 e. The van der Waals surface area contributed by atoms with Gasteiger partial charge in [0.2, 0.25) is 6.17 Å². The van der Waals surface area contributed by atoms with Crippen molar-refractivity contribution < 1.29 is 14.0 Å². The average molecular weight is 454 g/mol. The molecule has 0 aliphatic carbocycles. The molecule has 0 radical (unpaired) electrons. The van der Waals surface area contributed by atoms with Gasteiger partial charge in [0.1, 0.15) is 0 Å². The van der Waals surface area contributed by atoms with E-state index in [-0.39, 0.29) is 22.6 Å². The van der Waals surface area contributed by atoms with Gasteiger partial charge in [0, 0.05) is 11.3 Å². The topological polar surface area (TPSA) is 126 Å². The smallest absolute Gasteiger partial charge is 0.263 e. The van der Waals surface area contributed by atoms with Crippen LogP contribution in [0, 0.1) is 11.3 Å². The van der Waals surface area contributed by atoms with Crippen LogP contribution < -0.4 is 16.4 Å². The highest BCUT2D eigenvalue weighted by molar-refractivity contribution is 6.05. The van der Waals surface area contributed by atoms with Gasteiger partial charge in [-0.05, 0) is 48.0 Å². The van der Waals surface area contributed by atoms with Crippen LogP contribution in [0.15, 0.2) is 85.1 Å². The lowest BCUT2D eigenvalue weighted by atomic mass is 10.1. The van der Waals surface area contributed by atoms with E-state index in [4.69, 9.17) is 11.0 Å². The summed E-state index contributed by atoms with van der Waals surface area (Å²) in [6, 6.07) is 22.9. The molecule has 2 amide bonds. The molecule has 0 aliphatic heterocycles. The van der Waals surface area contributed by atoms with Gasteiger partial charge in [-0.1, -0.05) is 36.4 Å². The molecule has 3 aromatic carbocycles. The third-order valence-corrected chi connectivity index (χ3v) is 4.95. The minimum atomic E-state index is -1.96. The lowest BCUT2D eigenvalue weighted by Gasteiger charge is -2.11. The maximum absolute atomic E-state index is 14.7. The molecule has 0 spiro atoms. The van der Waals surface area contributed by atoms with Crippen molar-refractivity contribution in [2.24, 2.45) is 0 Å². The first-order valence-corrected chi connectivity index (χ1v) is 10.2. The molecule has 0 fully saturated rings. The molecule has 0 aliphatic rings. The number of rotatable bonds is 6. The van der Waals surface area contributed by atoms with Crippen molar-refractivity contribution in [2.45, 2.75) is 6.17 Å². The zero-order chi connectivity index (χ0) is 24.1. The summed E-state index contributed by atoms with van der Waals surface area (Å²) in [5.41, 5.74) is 8.03. The molecule has 0 saturated heterocycles. The molecular formula is C25H19FN6O2. The van der Waals surface area contributed by atoms with Crippen LogP contribution in [0.3, 0.4) is 0 Å². The number of nitrogens with one attached hydrogen (secondary N) is 2. The van der Waals surface area contributed by atoms with E-state index in [0.29, 0.717) is 11.3 Å². The number of hydrogen-bond donors (Lipinski definition) is 3. The third-order valence-electron chi connectivity index (χ3n) is 4.95. The molecule has 1 atom stereocenters. The van der Waals surface area contributed by atoms with Gasteiger partial charge in [-0.3, -0.25) is 9.59 Å². The molecule has 4 rings (SSSR count). The van der Waals surface area contributed by atoms with Gasteiger partial charge in [0.25, 0.3) is 11.8 Å². The van der Waals surface area contributed by atoms with Crippen LogP contribution in [-0.4, -0.2) is 21.6 Å². The van der Waals surface area contributed by atoms with Crippen LogP contribution in [0.2, 0.25) is 0 Å². The van der Waals surface area contributed by atoms with Crippen molar-refractivity contribution in [1.82, 2.24) is 9.78 Å². The molecule has 168 valence electrons. The molecule has 1 heterocycles. The fraction of sp³-hybridized carbons (Fsp3) is 0.0400. The van der Waals surface area contributed by atoms with Gasteiger partial charge in [0.05, 0.1) is 29.2 Å². The highest BCUT2D eigenvalue weighted by atomic mass is 19.1. The van der Waals surface area contributed by atoms with Crippen LogP contribution in [0.1, 0.15) is 27.7 Å². The number of alkyl halides is 1. The van der Waals surface area contributed by atoms with E-state index in [0.717, 1.165) is 5.69 Å². The van der Waals surface area contributed by atoms with Crippen LogP contribution in [0.25, 0.3) is 5.69 Å². The van der Waals surface area contributed by atoms with Crippen LogP contribution in [0.5, 0.6) is 0 Å². The highest BCUT2D eigenvalue weighted by Crippen LogP contribution is 2.23. The lowest BCUT2D eigenvalue weighted by Crippen LogP contribution is -2.18. The monoisotopic (exact) mass is 454 g/mol. The van der Waals surface area contributed by atoms with Crippen molar-refractivity contribution in [1.29, 1.82) is 5.26 Å². The number of benzene rings is 3. The Bertz CT molecular complexity index is 1380. The SMILES string of the molecule is N#Cc1cccc(NC(=O)C(F)c2ccc(C(=O)Nc3nn(-c4ccccc4)cc3N)cc2)c1. The van der Waals surface area contributed by atoms with Gasteiger partial charge in [-0.25, -0.2) is 9.07 Å². The van der Waals surface area contributed by atoms with Gasteiger partial charge in [-0.2, -0.15) is 5.26 Å². The second kappa shape index (κ2) is 9.67. The Labute approximate surface area is 194 Å². The van der Waals surface area contributed by atoms with E-state index in [1.807, 2.05) is 36.4 Å². The summed E-state index contributed by atoms with van der Waals surface area (Å²) >= 11 is 0. The van der Waals surface area contributed by atoms with Crippen molar-refractivity contribution in [2.75, 3.05) is 16.4 Å². The van der Waals surface area contributed by atoms with E-state index in [2.05, 4.69) is 15.7 Å². The van der Waals surface area contributed by atoms with Gasteiger partial charge in [0.15, 0.2) is 5.82 Å². The van der Waals surface area contributed by atoms with Crippen LogP contribution in [0.4, 0.5) is 21.6 Å². The Kier molecular flexibility index (Phi) is 6.32. The number of carbonyl (C=O) groups excluding carboxylic acids is 2. The van der Waals surface area contributed by atoms with Crippen molar-refractivity contribution >= 4 is 29.0 Å². The largest absolute Gasteiger partial charge is 0.394 e. The quantitative estimate of drug-likeness (QED) is 0.402. The van der Waals surface area contributed by atoms with Crippen LogP contribution in [-0.2, 0) is 4.79 Å². The second-order valence-electron chi connectivity index (χ2n) is 7.33. The number of nitrogen functional groups attached to an aromatic ring is 1. The van der Waals surface area contributed by atoms with Crippen molar-refractivity contribution in [3.63, 3.8) is 0 Å². The van der Waals surface area contributed by atoms with Gasteiger partial charge < -0.3 is 16.4 Å². The fourth-order valence-electron chi connectivity index (χ4n) is 3.20. The van der Waals surface area contributed by atoms with E-state index >= 15 is 0 Å². The third kappa shape index (κ3) is 4.92. The molecule has 9 heteroatoms. The molecular weight excluding hydrogens is 435 g/mol. The molecule has 1 aromatic heterocycles. The summed E-state index contributed by atoms with van der Waals surface area (Å²) in [5, 5.41) is 18.3. The lowest BCUT2D eigenvalue weighted by molar-refractivity contribution is -0.121. The second-order valence-corrected chi connectivity index (χ2v) is 7.33. The normalized spacial score (nSPS) is 11.3. The fourth-order valence-corrected chi connectivity index (χ4v) is 3.20. The summed E-state index contributed by atoms with van der Waals surface area (Å²) in [4.78, 5) is 24.9. The first-order chi connectivity index (χ1) is 16.4. The Morgan fingerprint density at radius 3 is 2.44 bits per heavy atom. The Balaban J connectivity index is 1.42. The number of halogens is 1. The molecule has 0 bridgehead atoms. The molecule has 8 nitrogen and oxygen atoms in total. The van der Waals surface area contributed by atoms with E-state index < -0.39 is 18.0 Å². The Morgan fingerprint density at radius 1 is 1.00 bits per heavy atom. The van der Waals surface area contributed by atoms with Crippen molar-refractivity contribution in [3.05, 3.63) is 102 Å². The summed E-state index contributed by atoms with van der Waals surface area (Å²) in [6.07, 6.45) is -0.368. The van der Waals surface area contributed by atoms with E-state index in [1.165, 1.54) is 30.3 Å². The molecule has 4 aromatic rings. The predicted octanol–water partition coefficient (Wildman–Crippen LogP) is 4.23. The number of aromatic nitrogens is 2. The number of hydrogen-bond acceptors (Lipinski definition) is 5. The molecule has 4 N–H and O–H groups in total. The van der Waals surface area contributed by atoms with E-state index in [1.54, 1.807) is 29.1 Å². The molecule has 1 unspecified atom stereocenters. The predicted molar refractivity (Wildman–Crippen MR) is 126 cm³/mol. The summed E-state index contributed by atoms with van der Waals surface area (Å²) in [5.74, 6) is -1.17. The van der Waals surface area contributed by atoms with Gasteiger partial charge >= 0.3 is 0 Å². The Morgan fingerprint density at radius 2 is 1.74 bits per heavy atom. The Hall–Kier alpha value is -4.97. The highest BCUT2D eigenvalue weighted by Gasteiger charge is 2.21. The zero-order valence-corrected chi connectivity index (χ0v) is 17.8. The van der Waals surface area contributed by atoms with Crippen molar-refractivity contribution in [3.8, 4) is 11.8 Å². The number of para-hydroxylation sites is 1. The first-order valence-electron chi connectivity index (χ1n) is 10.2. The maximum Gasteiger partial charge on any atom is 0.263 e. The number of amides is 2. The average Bonchev–Trinajstić information content (AvgIpc) is 3.24.